The lowest BCUT2D eigenvalue weighted by molar-refractivity contribution is 0.0424. The summed E-state index contributed by atoms with van der Waals surface area (Å²) in [5.74, 6) is 1.69. The van der Waals surface area contributed by atoms with E-state index >= 15 is 0 Å². The van der Waals surface area contributed by atoms with Gasteiger partial charge < -0.3 is 15.3 Å². The molecule has 0 amide bonds. The van der Waals surface area contributed by atoms with Crippen LogP contribution in [0, 0.1) is 5.92 Å². The van der Waals surface area contributed by atoms with Gasteiger partial charge in [0.15, 0.2) is 0 Å². The molecule has 1 aromatic heterocycles. The van der Waals surface area contributed by atoms with Crippen molar-refractivity contribution in [1.82, 2.24) is 9.88 Å². The maximum absolute atomic E-state index is 10.4. The molecule has 1 aliphatic heterocycles. The summed E-state index contributed by atoms with van der Waals surface area (Å²) in [6.07, 6.45) is 7.42. The first-order valence-electron chi connectivity index (χ1n) is 8.74. The Morgan fingerprint density at radius 1 is 1.36 bits per heavy atom. The average molecular weight is 303 g/mol. The van der Waals surface area contributed by atoms with Gasteiger partial charge in [0.05, 0.1) is 5.60 Å². The fourth-order valence-corrected chi connectivity index (χ4v) is 3.89. The summed E-state index contributed by atoms with van der Waals surface area (Å²) in [6.45, 7) is 3.20. The van der Waals surface area contributed by atoms with Crippen molar-refractivity contribution >= 4 is 5.82 Å². The van der Waals surface area contributed by atoms with E-state index in [0.717, 1.165) is 44.0 Å². The quantitative estimate of drug-likeness (QED) is 0.848. The van der Waals surface area contributed by atoms with Gasteiger partial charge >= 0.3 is 0 Å². The summed E-state index contributed by atoms with van der Waals surface area (Å²) < 4.78 is 0. The van der Waals surface area contributed by atoms with Crippen LogP contribution in [0.4, 0.5) is 5.82 Å². The summed E-state index contributed by atoms with van der Waals surface area (Å²) in [6, 6.07) is 6.25. The van der Waals surface area contributed by atoms with Crippen molar-refractivity contribution in [2.24, 2.45) is 5.92 Å². The van der Waals surface area contributed by atoms with E-state index in [1.807, 2.05) is 6.07 Å². The van der Waals surface area contributed by atoms with Gasteiger partial charge in [0, 0.05) is 18.8 Å². The van der Waals surface area contributed by atoms with Crippen LogP contribution in [0.25, 0.3) is 0 Å². The Morgan fingerprint density at radius 2 is 2.18 bits per heavy atom. The predicted molar refractivity (Wildman–Crippen MR) is 90.1 cm³/mol. The Balaban J connectivity index is 1.48. The first kappa shape index (κ1) is 15.8. The van der Waals surface area contributed by atoms with Crippen LogP contribution in [0.5, 0.6) is 0 Å². The molecule has 4 nitrogen and oxygen atoms in total. The topological polar surface area (TPSA) is 48.4 Å². The highest BCUT2D eigenvalue weighted by Crippen LogP contribution is 2.32. The summed E-state index contributed by atoms with van der Waals surface area (Å²) in [5.41, 5.74) is 0.754. The van der Waals surface area contributed by atoms with E-state index in [1.165, 1.54) is 38.0 Å². The Labute approximate surface area is 133 Å². The van der Waals surface area contributed by atoms with Gasteiger partial charge in [-0.1, -0.05) is 18.9 Å². The number of hydrogen-bond donors (Lipinski definition) is 2. The normalized spacial score (nSPS) is 24.7. The van der Waals surface area contributed by atoms with E-state index in [0.29, 0.717) is 0 Å². The second-order valence-corrected chi connectivity index (χ2v) is 7.24. The molecule has 2 fully saturated rings. The van der Waals surface area contributed by atoms with Gasteiger partial charge in [-0.25, -0.2) is 4.98 Å². The third-order valence-corrected chi connectivity index (χ3v) is 5.22. The SMILES string of the molecule is CN1CC[C@H](Cc2cccc(NCCC3(O)CCCC3)n2)C1. The van der Waals surface area contributed by atoms with Crippen LogP contribution in [0.1, 0.15) is 44.2 Å². The van der Waals surface area contributed by atoms with Crippen molar-refractivity contribution in [3.63, 3.8) is 0 Å². The highest BCUT2D eigenvalue weighted by molar-refractivity contribution is 5.35. The largest absolute Gasteiger partial charge is 0.390 e. The number of nitrogens with one attached hydrogen (secondary N) is 1. The number of aromatic nitrogens is 1. The number of hydrogen-bond acceptors (Lipinski definition) is 4. The zero-order valence-electron chi connectivity index (χ0n) is 13.7. The van der Waals surface area contributed by atoms with Gasteiger partial charge in [-0.15, -0.1) is 0 Å². The predicted octanol–water partition coefficient (Wildman–Crippen LogP) is 2.68. The molecule has 122 valence electrons. The molecule has 0 unspecified atom stereocenters. The lowest BCUT2D eigenvalue weighted by Gasteiger charge is -2.22. The number of likely N-dealkylation sites (tertiary alicyclic amines) is 1. The van der Waals surface area contributed by atoms with Gasteiger partial charge in [-0.05, 0) is 63.7 Å². The Bertz CT molecular complexity index is 485. The fourth-order valence-electron chi connectivity index (χ4n) is 3.89. The van der Waals surface area contributed by atoms with Crippen LogP contribution < -0.4 is 5.32 Å². The van der Waals surface area contributed by atoms with Crippen molar-refractivity contribution in [3.8, 4) is 0 Å². The summed E-state index contributed by atoms with van der Waals surface area (Å²) in [5, 5.41) is 13.8. The zero-order chi connectivity index (χ0) is 15.4. The van der Waals surface area contributed by atoms with Gasteiger partial charge in [-0.2, -0.15) is 0 Å². The number of aliphatic hydroxyl groups is 1. The number of anilines is 1. The molecule has 1 aromatic rings. The van der Waals surface area contributed by atoms with E-state index in [9.17, 15) is 5.11 Å². The Hall–Kier alpha value is -1.13. The molecular weight excluding hydrogens is 274 g/mol. The minimum Gasteiger partial charge on any atom is -0.390 e. The van der Waals surface area contributed by atoms with Gasteiger partial charge in [0.1, 0.15) is 5.82 Å². The van der Waals surface area contributed by atoms with Crippen molar-refractivity contribution in [3.05, 3.63) is 23.9 Å². The minimum absolute atomic E-state index is 0.432. The van der Waals surface area contributed by atoms with E-state index in [4.69, 9.17) is 4.98 Å². The second kappa shape index (κ2) is 6.97. The maximum atomic E-state index is 10.4. The number of pyridine rings is 1. The van der Waals surface area contributed by atoms with Crippen LogP contribution in [0.15, 0.2) is 18.2 Å². The van der Waals surface area contributed by atoms with E-state index in [1.54, 1.807) is 0 Å². The first-order valence-corrected chi connectivity index (χ1v) is 8.74. The standard InChI is InChI=1S/C18H29N3O/c1-21-12-7-15(14-21)13-16-5-4-6-17(20-16)19-11-10-18(22)8-2-3-9-18/h4-6,15,22H,2-3,7-14H2,1H3,(H,19,20)/t15-/m1/s1. The second-order valence-electron chi connectivity index (χ2n) is 7.24. The lowest BCUT2D eigenvalue weighted by Crippen LogP contribution is -2.27. The molecule has 3 rings (SSSR count). The molecule has 22 heavy (non-hydrogen) atoms. The monoisotopic (exact) mass is 303 g/mol. The van der Waals surface area contributed by atoms with Crippen molar-refractivity contribution < 1.29 is 5.11 Å². The number of rotatable bonds is 6. The molecule has 0 spiro atoms. The average Bonchev–Trinajstić information content (AvgIpc) is 3.09. The Kier molecular flexibility index (Phi) is 4.99. The number of nitrogens with zero attached hydrogens (tertiary/aromatic N) is 2. The van der Waals surface area contributed by atoms with E-state index in [-0.39, 0.29) is 0 Å². The molecule has 2 heterocycles. The van der Waals surface area contributed by atoms with E-state index in [2.05, 4.69) is 29.4 Å². The van der Waals surface area contributed by atoms with Crippen LogP contribution >= 0.6 is 0 Å². The Morgan fingerprint density at radius 3 is 2.91 bits per heavy atom. The zero-order valence-corrected chi connectivity index (χ0v) is 13.7. The van der Waals surface area contributed by atoms with Crippen LogP contribution in [-0.4, -0.2) is 47.3 Å². The summed E-state index contributed by atoms with van der Waals surface area (Å²) in [7, 11) is 2.19. The smallest absolute Gasteiger partial charge is 0.126 e. The molecule has 4 heteroatoms. The van der Waals surface area contributed by atoms with Crippen LogP contribution in [0.2, 0.25) is 0 Å². The van der Waals surface area contributed by atoms with E-state index < -0.39 is 5.60 Å². The molecule has 0 bridgehead atoms. The fraction of sp³-hybridized carbons (Fsp3) is 0.722. The molecule has 0 aromatic carbocycles. The summed E-state index contributed by atoms with van der Waals surface area (Å²) >= 11 is 0. The first-order chi connectivity index (χ1) is 10.6. The molecule has 2 aliphatic rings. The molecule has 0 radical (unpaired) electrons. The lowest BCUT2D eigenvalue weighted by atomic mass is 9.98. The molecular formula is C18H29N3O. The summed E-state index contributed by atoms with van der Waals surface area (Å²) in [4.78, 5) is 7.13. The van der Waals surface area contributed by atoms with Crippen molar-refractivity contribution in [1.29, 1.82) is 0 Å². The van der Waals surface area contributed by atoms with Gasteiger partial charge in [-0.3, -0.25) is 0 Å². The highest BCUT2D eigenvalue weighted by Gasteiger charge is 2.30. The van der Waals surface area contributed by atoms with Crippen molar-refractivity contribution in [2.75, 3.05) is 32.0 Å². The molecule has 1 aliphatic carbocycles. The van der Waals surface area contributed by atoms with Gasteiger partial charge in [0.25, 0.3) is 0 Å². The molecule has 1 saturated carbocycles. The molecule has 1 atom stereocenters. The van der Waals surface area contributed by atoms with Crippen LogP contribution in [-0.2, 0) is 6.42 Å². The third kappa shape index (κ3) is 4.20. The highest BCUT2D eigenvalue weighted by atomic mass is 16.3. The van der Waals surface area contributed by atoms with Crippen LogP contribution in [0.3, 0.4) is 0 Å². The molecule has 2 N–H and O–H groups in total. The molecule has 1 saturated heterocycles. The van der Waals surface area contributed by atoms with Crippen molar-refractivity contribution in [2.45, 2.75) is 50.5 Å². The maximum Gasteiger partial charge on any atom is 0.126 e. The van der Waals surface area contributed by atoms with Gasteiger partial charge in [0.2, 0.25) is 0 Å². The third-order valence-electron chi connectivity index (χ3n) is 5.22. The minimum atomic E-state index is -0.432.